The number of carbonyl (C=O) groups is 1. The van der Waals surface area contributed by atoms with Crippen LogP contribution in [0.25, 0.3) is 49.8 Å². The number of anilines is 1. The van der Waals surface area contributed by atoms with Crippen molar-refractivity contribution in [1.29, 1.82) is 0 Å². The number of aromatic nitrogens is 5. The maximum absolute atomic E-state index is 11.8. The topological polar surface area (TPSA) is 120 Å². The molecule has 2 aliphatic rings. The van der Waals surface area contributed by atoms with Crippen LogP contribution in [0.15, 0.2) is 67.2 Å². The van der Waals surface area contributed by atoms with Crippen molar-refractivity contribution in [2.45, 2.75) is 6.04 Å². The molecule has 4 aromatic heterocycles. The number of H-pyrrole nitrogens is 1. The van der Waals surface area contributed by atoms with Crippen LogP contribution < -0.4 is 10.2 Å². The number of piperazine rings is 1. The van der Waals surface area contributed by atoms with Gasteiger partial charge in [-0.1, -0.05) is 36.4 Å². The van der Waals surface area contributed by atoms with E-state index in [1.807, 2.05) is 53.6 Å². The van der Waals surface area contributed by atoms with E-state index in [2.05, 4.69) is 26.3 Å². The first-order valence-corrected chi connectivity index (χ1v) is 11.8. The van der Waals surface area contributed by atoms with Crippen LogP contribution in [0.4, 0.5) is 5.82 Å². The molecule has 9 heteroatoms. The highest BCUT2D eigenvalue weighted by Gasteiger charge is 2.29. The van der Waals surface area contributed by atoms with Gasteiger partial charge in [-0.05, 0) is 17.7 Å². The molecule has 1 atom stereocenters. The molecule has 7 rings (SSSR count). The fraction of sp³-hybridized carbons (Fsp3) is 0.148. The van der Waals surface area contributed by atoms with Crippen molar-refractivity contribution in [3.05, 3.63) is 72.7 Å². The average Bonchev–Trinajstić information content (AvgIpc) is 3.26. The normalized spacial score (nSPS) is 17.5. The Labute approximate surface area is 205 Å². The van der Waals surface area contributed by atoms with Gasteiger partial charge in [0.25, 0.3) is 0 Å². The number of fused-ring (bicyclic) bond motifs is 4. The molecule has 1 saturated heterocycles. The third-order valence-corrected chi connectivity index (χ3v) is 6.86. The molecule has 5 aromatic rings. The van der Waals surface area contributed by atoms with Crippen LogP contribution in [0.2, 0.25) is 0 Å². The van der Waals surface area contributed by atoms with Gasteiger partial charge < -0.3 is 20.3 Å². The molecule has 1 fully saturated rings. The number of para-hydroxylation sites is 1. The number of allylic oxidation sites excluding steroid dienone is 4. The summed E-state index contributed by atoms with van der Waals surface area (Å²) in [6.45, 7) is 1.48. The number of benzene rings is 1. The van der Waals surface area contributed by atoms with E-state index in [0.717, 1.165) is 44.0 Å². The number of pyridine rings is 2. The number of aliphatic carboxylic acids is 1. The lowest BCUT2D eigenvalue weighted by atomic mass is 9.97. The molecular weight excluding hydrogens is 454 g/mol. The van der Waals surface area contributed by atoms with Gasteiger partial charge in [0.05, 0.1) is 17.1 Å². The predicted octanol–water partition coefficient (Wildman–Crippen LogP) is 3.54. The summed E-state index contributed by atoms with van der Waals surface area (Å²) in [7, 11) is 0. The monoisotopic (exact) mass is 475 g/mol. The molecule has 0 bridgehead atoms. The van der Waals surface area contributed by atoms with Crippen LogP contribution >= 0.6 is 0 Å². The van der Waals surface area contributed by atoms with Gasteiger partial charge in [0.2, 0.25) is 0 Å². The minimum Gasteiger partial charge on any atom is -0.480 e. The van der Waals surface area contributed by atoms with E-state index in [1.165, 1.54) is 0 Å². The zero-order chi connectivity index (χ0) is 24.2. The summed E-state index contributed by atoms with van der Waals surface area (Å²) in [6.07, 6.45) is 11.4. The zero-order valence-electron chi connectivity index (χ0n) is 19.1. The Morgan fingerprint density at radius 3 is 2.81 bits per heavy atom. The molecule has 176 valence electrons. The fourth-order valence-corrected chi connectivity index (χ4v) is 5.07. The van der Waals surface area contributed by atoms with E-state index in [0.29, 0.717) is 36.8 Å². The summed E-state index contributed by atoms with van der Waals surface area (Å²) >= 11 is 0. The SMILES string of the molecule is O=C(O)C1CN(c2nc(-c3ccnc4[nH]c5ccccc5c34)nc3cncc(C4=CC=C4)c23)CCN1. The summed E-state index contributed by atoms with van der Waals surface area (Å²) in [6, 6.07) is 9.33. The largest absolute Gasteiger partial charge is 0.480 e. The number of hydrogen-bond acceptors (Lipinski definition) is 7. The van der Waals surface area contributed by atoms with Gasteiger partial charge in [-0.15, -0.1) is 0 Å². The Morgan fingerprint density at radius 1 is 1.08 bits per heavy atom. The van der Waals surface area contributed by atoms with Crippen molar-refractivity contribution < 1.29 is 9.90 Å². The van der Waals surface area contributed by atoms with Gasteiger partial charge >= 0.3 is 5.97 Å². The number of hydrogen-bond donors (Lipinski definition) is 3. The number of rotatable bonds is 4. The quantitative estimate of drug-likeness (QED) is 0.361. The molecule has 5 heterocycles. The van der Waals surface area contributed by atoms with Crippen molar-refractivity contribution in [2.24, 2.45) is 0 Å². The fourth-order valence-electron chi connectivity index (χ4n) is 5.07. The van der Waals surface area contributed by atoms with Crippen LogP contribution in [0.5, 0.6) is 0 Å². The Kier molecular flexibility index (Phi) is 4.58. The van der Waals surface area contributed by atoms with Crippen LogP contribution in [0, 0.1) is 0 Å². The second-order valence-electron chi connectivity index (χ2n) is 8.98. The summed E-state index contributed by atoms with van der Waals surface area (Å²) in [5, 5.41) is 15.6. The molecular formula is C27H21N7O2. The van der Waals surface area contributed by atoms with Crippen LogP contribution in [-0.4, -0.2) is 61.7 Å². The summed E-state index contributed by atoms with van der Waals surface area (Å²) in [4.78, 5) is 36.3. The van der Waals surface area contributed by atoms with Crippen LogP contribution in [0.3, 0.4) is 0 Å². The van der Waals surface area contributed by atoms with Crippen molar-refractivity contribution in [3.8, 4) is 11.4 Å². The Bertz CT molecular complexity index is 1750. The number of nitrogens with one attached hydrogen (secondary N) is 2. The smallest absolute Gasteiger partial charge is 0.322 e. The maximum atomic E-state index is 11.8. The van der Waals surface area contributed by atoms with E-state index in [9.17, 15) is 9.90 Å². The molecule has 1 aliphatic carbocycles. The zero-order valence-corrected chi connectivity index (χ0v) is 19.1. The third-order valence-electron chi connectivity index (χ3n) is 6.86. The summed E-state index contributed by atoms with van der Waals surface area (Å²) < 4.78 is 0. The summed E-state index contributed by atoms with van der Waals surface area (Å²) in [5.74, 6) is 0.391. The molecule has 1 unspecified atom stereocenters. The first-order chi connectivity index (χ1) is 17.7. The molecule has 0 spiro atoms. The predicted molar refractivity (Wildman–Crippen MR) is 139 cm³/mol. The van der Waals surface area contributed by atoms with Gasteiger partial charge in [0.15, 0.2) is 5.82 Å². The molecule has 0 radical (unpaired) electrons. The standard InChI is InChI=1S/C27H21N7O2/c35-27(36)21-14-34(11-10-29-21)26-23-18(15-4-3-5-15)12-28-13-20(23)32-24(33-26)17-8-9-30-25-22(17)16-6-1-2-7-19(16)31-25/h1-9,12-13,21,29H,10-11,14H2,(H,30,31)(H,35,36). The molecule has 1 aliphatic heterocycles. The minimum atomic E-state index is -0.876. The highest BCUT2D eigenvalue weighted by molar-refractivity contribution is 6.13. The second-order valence-corrected chi connectivity index (χ2v) is 8.98. The maximum Gasteiger partial charge on any atom is 0.322 e. The molecule has 36 heavy (non-hydrogen) atoms. The van der Waals surface area contributed by atoms with Crippen molar-refractivity contribution in [2.75, 3.05) is 24.5 Å². The third kappa shape index (κ3) is 3.17. The molecule has 9 nitrogen and oxygen atoms in total. The van der Waals surface area contributed by atoms with E-state index in [-0.39, 0.29) is 0 Å². The Morgan fingerprint density at radius 2 is 1.97 bits per heavy atom. The lowest BCUT2D eigenvalue weighted by molar-refractivity contribution is -0.139. The van der Waals surface area contributed by atoms with Gasteiger partial charge in [0.1, 0.15) is 17.5 Å². The number of nitrogens with zero attached hydrogens (tertiary/aromatic N) is 5. The highest BCUT2D eigenvalue weighted by atomic mass is 16.4. The van der Waals surface area contributed by atoms with E-state index >= 15 is 0 Å². The lowest BCUT2D eigenvalue weighted by Gasteiger charge is -2.33. The second kappa shape index (κ2) is 7.96. The number of aromatic amines is 1. The molecule has 1 aromatic carbocycles. The van der Waals surface area contributed by atoms with E-state index < -0.39 is 12.0 Å². The first-order valence-electron chi connectivity index (χ1n) is 11.8. The van der Waals surface area contributed by atoms with Crippen LogP contribution in [-0.2, 0) is 4.79 Å². The molecule has 0 amide bonds. The minimum absolute atomic E-state index is 0.302. The van der Waals surface area contributed by atoms with E-state index in [4.69, 9.17) is 9.97 Å². The summed E-state index contributed by atoms with van der Waals surface area (Å²) in [5.41, 5.74) is 5.33. The van der Waals surface area contributed by atoms with Gasteiger partial charge in [0, 0.05) is 59.4 Å². The molecule has 3 N–H and O–H groups in total. The average molecular weight is 476 g/mol. The van der Waals surface area contributed by atoms with Gasteiger partial charge in [-0.25, -0.2) is 15.0 Å². The number of carboxylic acids is 1. The highest BCUT2D eigenvalue weighted by Crippen LogP contribution is 2.37. The Hall–Kier alpha value is -4.63. The van der Waals surface area contributed by atoms with E-state index in [1.54, 1.807) is 12.4 Å². The van der Waals surface area contributed by atoms with Crippen molar-refractivity contribution >= 4 is 50.2 Å². The lowest BCUT2D eigenvalue weighted by Crippen LogP contribution is -2.54. The van der Waals surface area contributed by atoms with Crippen molar-refractivity contribution in [3.63, 3.8) is 0 Å². The van der Waals surface area contributed by atoms with Gasteiger partial charge in [-0.3, -0.25) is 9.78 Å². The number of carboxylic acid groups (broad SMARTS) is 1. The molecule has 0 saturated carbocycles. The Balaban J connectivity index is 1.50. The van der Waals surface area contributed by atoms with Gasteiger partial charge in [-0.2, -0.15) is 0 Å². The van der Waals surface area contributed by atoms with Crippen LogP contribution in [0.1, 0.15) is 5.56 Å². The van der Waals surface area contributed by atoms with Crippen molar-refractivity contribution in [1.82, 2.24) is 30.2 Å². The first kappa shape index (κ1) is 20.7.